The molecule has 31 heavy (non-hydrogen) atoms. The molecule has 1 saturated heterocycles. The highest BCUT2D eigenvalue weighted by atomic mass is 16.3. The lowest BCUT2D eigenvalue weighted by molar-refractivity contribution is -0.128. The van der Waals surface area contributed by atoms with Crippen LogP contribution in [0.1, 0.15) is 17.5 Å². The number of aromatic nitrogens is 2. The second kappa shape index (κ2) is 7.75. The largest absolute Gasteiger partial charge is 0.461 e. The lowest BCUT2D eigenvalue weighted by Gasteiger charge is -2.17. The van der Waals surface area contributed by atoms with E-state index in [1.165, 1.54) is 5.56 Å². The number of furan rings is 1. The average molecular weight is 414 g/mol. The third kappa shape index (κ3) is 3.94. The molecular weight excluding hydrogens is 392 g/mol. The van der Waals surface area contributed by atoms with Gasteiger partial charge in [0.15, 0.2) is 11.6 Å². The van der Waals surface area contributed by atoms with Gasteiger partial charge in [0, 0.05) is 25.2 Å². The number of anilines is 1. The summed E-state index contributed by atoms with van der Waals surface area (Å²) >= 11 is 0. The van der Waals surface area contributed by atoms with Crippen molar-refractivity contribution in [2.75, 3.05) is 11.9 Å². The molecule has 0 bridgehead atoms. The number of fused-ring (bicyclic) bond motifs is 1. The van der Waals surface area contributed by atoms with E-state index in [-0.39, 0.29) is 24.2 Å². The zero-order valence-electron chi connectivity index (χ0n) is 17.1. The van der Waals surface area contributed by atoms with Gasteiger partial charge in [0.1, 0.15) is 0 Å². The van der Waals surface area contributed by atoms with E-state index in [4.69, 9.17) is 4.42 Å². The van der Waals surface area contributed by atoms with E-state index in [1.807, 2.05) is 55.5 Å². The second-order valence-electron chi connectivity index (χ2n) is 7.94. The smallest absolute Gasteiger partial charge is 0.229 e. The molecule has 0 spiro atoms. The number of likely N-dealkylation sites (tertiary alicyclic amines) is 1. The fourth-order valence-electron chi connectivity index (χ4n) is 3.88. The van der Waals surface area contributed by atoms with Crippen LogP contribution in [0.4, 0.5) is 5.69 Å². The predicted molar refractivity (Wildman–Crippen MR) is 117 cm³/mol. The molecule has 1 fully saturated rings. The van der Waals surface area contributed by atoms with Crippen LogP contribution in [0, 0.1) is 12.8 Å². The van der Waals surface area contributed by atoms with Gasteiger partial charge in [-0.3, -0.25) is 9.59 Å². The maximum atomic E-state index is 12.8. The Morgan fingerprint density at radius 3 is 2.84 bits per heavy atom. The molecule has 2 N–H and O–H groups in total. The minimum absolute atomic E-state index is 0.00725. The SMILES string of the molecule is Cc1ccc(CN2CC(C(=O)Nc3ccc4nc(-c5ccco5)[nH]c4c3)CC2=O)cc1. The number of amides is 2. The number of rotatable bonds is 5. The first-order valence-electron chi connectivity index (χ1n) is 10.2. The molecule has 1 unspecified atom stereocenters. The van der Waals surface area contributed by atoms with Crippen LogP contribution in [0.15, 0.2) is 65.3 Å². The molecule has 1 aliphatic heterocycles. The van der Waals surface area contributed by atoms with Gasteiger partial charge in [0.05, 0.1) is 23.2 Å². The van der Waals surface area contributed by atoms with Crippen LogP contribution in [0.3, 0.4) is 0 Å². The second-order valence-corrected chi connectivity index (χ2v) is 7.94. The predicted octanol–water partition coefficient (Wildman–Crippen LogP) is 4.12. The van der Waals surface area contributed by atoms with Crippen LogP contribution in [0.25, 0.3) is 22.6 Å². The zero-order valence-corrected chi connectivity index (χ0v) is 17.1. The fourth-order valence-corrected chi connectivity index (χ4v) is 3.88. The number of aryl methyl sites for hydroxylation is 1. The van der Waals surface area contributed by atoms with E-state index >= 15 is 0 Å². The van der Waals surface area contributed by atoms with Crippen molar-refractivity contribution in [1.29, 1.82) is 0 Å². The van der Waals surface area contributed by atoms with E-state index in [1.54, 1.807) is 17.2 Å². The molecule has 2 amide bonds. The summed E-state index contributed by atoms with van der Waals surface area (Å²) < 4.78 is 5.38. The first-order chi connectivity index (χ1) is 15.0. The van der Waals surface area contributed by atoms with Crippen molar-refractivity contribution in [3.8, 4) is 11.6 Å². The van der Waals surface area contributed by atoms with Crippen molar-refractivity contribution < 1.29 is 14.0 Å². The van der Waals surface area contributed by atoms with Crippen LogP contribution in [0.2, 0.25) is 0 Å². The first-order valence-corrected chi connectivity index (χ1v) is 10.2. The summed E-state index contributed by atoms with van der Waals surface area (Å²) in [6.07, 6.45) is 1.83. The summed E-state index contributed by atoms with van der Waals surface area (Å²) in [7, 11) is 0. The standard InChI is InChI=1S/C24H22N4O3/c1-15-4-6-16(7-5-15)13-28-14-17(11-22(28)29)24(30)25-18-8-9-19-20(12-18)27-23(26-19)21-3-2-10-31-21/h2-10,12,17H,11,13-14H2,1H3,(H,25,30)(H,26,27). The Balaban J connectivity index is 1.26. The number of hydrogen-bond acceptors (Lipinski definition) is 4. The number of hydrogen-bond donors (Lipinski definition) is 2. The number of carbonyl (C=O) groups excluding carboxylic acids is 2. The molecule has 7 heteroatoms. The highest BCUT2D eigenvalue weighted by molar-refractivity contribution is 5.98. The molecule has 156 valence electrons. The van der Waals surface area contributed by atoms with E-state index in [0.717, 1.165) is 16.6 Å². The number of imidazole rings is 1. The van der Waals surface area contributed by atoms with Crippen molar-refractivity contribution in [2.45, 2.75) is 19.9 Å². The van der Waals surface area contributed by atoms with Gasteiger partial charge >= 0.3 is 0 Å². The monoisotopic (exact) mass is 414 g/mol. The third-order valence-electron chi connectivity index (χ3n) is 5.58. The van der Waals surface area contributed by atoms with Crippen LogP contribution >= 0.6 is 0 Å². The lowest BCUT2D eigenvalue weighted by atomic mass is 10.1. The number of nitrogens with zero attached hydrogens (tertiary/aromatic N) is 2. The number of carbonyl (C=O) groups is 2. The molecule has 1 atom stereocenters. The third-order valence-corrected chi connectivity index (χ3v) is 5.58. The highest BCUT2D eigenvalue weighted by Crippen LogP contribution is 2.25. The molecule has 2 aromatic carbocycles. The number of nitrogens with one attached hydrogen (secondary N) is 2. The molecule has 1 aliphatic rings. The maximum absolute atomic E-state index is 12.8. The zero-order chi connectivity index (χ0) is 21.4. The summed E-state index contributed by atoms with van der Waals surface area (Å²) in [5.41, 5.74) is 4.49. The Morgan fingerprint density at radius 1 is 1.23 bits per heavy atom. The van der Waals surface area contributed by atoms with Crippen molar-refractivity contribution in [3.63, 3.8) is 0 Å². The van der Waals surface area contributed by atoms with E-state index in [2.05, 4.69) is 15.3 Å². The van der Waals surface area contributed by atoms with Crippen LogP contribution in [0.5, 0.6) is 0 Å². The quantitative estimate of drug-likeness (QED) is 0.514. The van der Waals surface area contributed by atoms with Gasteiger partial charge < -0.3 is 19.6 Å². The molecular formula is C24H22N4O3. The summed E-state index contributed by atoms with van der Waals surface area (Å²) in [5, 5.41) is 2.94. The van der Waals surface area contributed by atoms with Crippen LogP contribution < -0.4 is 5.32 Å². The van der Waals surface area contributed by atoms with Gasteiger partial charge in [-0.15, -0.1) is 0 Å². The van der Waals surface area contributed by atoms with E-state index in [9.17, 15) is 9.59 Å². The van der Waals surface area contributed by atoms with Crippen molar-refractivity contribution >= 4 is 28.5 Å². The van der Waals surface area contributed by atoms with E-state index in [0.29, 0.717) is 30.4 Å². The van der Waals surface area contributed by atoms with Crippen molar-refractivity contribution in [3.05, 3.63) is 72.0 Å². The minimum atomic E-state index is -0.367. The Labute approximate surface area is 179 Å². The molecule has 4 aromatic rings. The Hall–Kier alpha value is -3.87. The summed E-state index contributed by atoms with van der Waals surface area (Å²) in [5.74, 6) is 0.781. The number of benzene rings is 2. The molecule has 0 aliphatic carbocycles. The molecule has 5 rings (SSSR count). The molecule has 3 heterocycles. The Bertz CT molecular complexity index is 1240. The number of H-pyrrole nitrogens is 1. The molecule has 0 radical (unpaired) electrons. The van der Waals surface area contributed by atoms with Crippen LogP contribution in [-0.2, 0) is 16.1 Å². The topological polar surface area (TPSA) is 91.2 Å². The highest BCUT2D eigenvalue weighted by Gasteiger charge is 2.34. The molecule has 7 nitrogen and oxygen atoms in total. The average Bonchev–Trinajstić information content (AvgIpc) is 3.49. The first kappa shape index (κ1) is 19.1. The van der Waals surface area contributed by atoms with Crippen LogP contribution in [-0.4, -0.2) is 33.2 Å². The van der Waals surface area contributed by atoms with Crippen molar-refractivity contribution in [1.82, 2.24) is 14.9 Å². The van der Waals surface area contributed by atoms with Gasteiger partial charge in [-0.25, -0.2) is 4.98 Å². The normalized spacial score (nSPS) is 16.2. The summed E-state index contributed by atoms with van der Waals surface area (Å²) in [4.78, 5) is 34.7. The van der Waals surface area contributed by atoms with E-state index < -0.39 is 0 Å². The minimum Gasteiger partial charge on any atom is -0.461 e. The summed E-state index contributed by atoms with van der Waals surface area (Å²) in [6.45, 7) is 2.98. The Kier molecular flexibility index (Phi) is 4.78. The number of aromatic amines is 1. The van der Waals surface area contributed by atoms with Crippen molar-refractivity contribution in [2.24, 2.45) is 5.92 Å². The van der Waals surface area contributed by atoms with Gasteiger partial charge in [0.2, 0.25) is 11.8 Å². The summed E-state index contributed by atoms with van der Waals surface area (Å²) in [6, 6.07) is 17.2. The lowest BCUT2D eigenvalue weighted by Crippen LogP contribution is -2.28. The maximum Gasteiger partial charge on any atom is 0.229 e. The van der Waals surface area contributed by atoms with Gasteiger partial charge in [-0.2, -0.15) is 0 Å². The van der Waals surface area contributed by atoms with Gasteiger partial charge in [-0.1, -0.05) is 29.8 Å². The molecule has 0 saturated carbocycles. The van der Waals surface area contributed by atoms with Gasteiger partial charge in [-0.05, 0) is 42.8 Å². The van der Waals surface area contributed by atoms with Gasteiger partial charge in [0.25, 0.3) is 0 Å². The Morgan fingerprint density at radius 2 is 2.06 bits per heavy atom. The molecule has 2 aromatic heterocycles. The fraction of sp³-hybridized carbons (Fsp3) is 0.208.